The van der Waals surface area contributed by atoms with Crippen molar-refractivity contribution in [2.75, 3.05) is 52.3 Å². The SMILES string of the molecule is COc1ccc(S(=O)(=O)N(CC(=O)NCCN(C)C)c2ccc(C)cc2)cc1OC. The number of anilines is 1. The van der Waals surface area contributed by atoms with Crippen LogP contribution >= 0.6 is 0 Å². The van der Waals surface area contributed by atoms with Crippen LogP contribution < -0.4 is 19.1 Å². The van der Waals surface area contributed by atoms with Crippen molar-refractivity contribution in [1.82, 2.24) is 10.2 Å². The summed E-state index contributed by atoms with van der Waals surface area (Å²) < 4.78 is 38.4. The van der Waals surface area contributed by atoms with Crippen LogP contribution in [-0.4, -0.2) is 67.2 Å². The van der Waals surface area contributed by atoms with Crippen LogP contribution in [0, 0.1) is 6.92 Å². The number of aryl methyl sites for hydroxylation is 1. The quantitative estimate of drug-likeness (QED) is 0.613. The first kappa shape index (κ1) is 23.5. The van der Waals surface area contributed by atoms with E-state index in [0.29, 0.717) is 24.5 Å². The van der Waals surface area contributed by atoms with Crippen LogP contribution in [-0.2, 0) is 14.8 Å². The van der Waals surface area contributed by atoms with Gasteiger partial charge in [-0.3, -0.25) is 9.10 Å². The molecule has 0 radical (unpaired) electrons. The Morgan fingerprint density at radius 1 is 1.00 bits per heavy atom. The third kappa shape index (κ3) is 5.87. The van der Waals surface area contributed by atoms with Crippen molar-refractivity contribution in [2.45, 2.75) is 11.8 Å². The number of methoxy groups -OCH3 is 2. The minimum Gasteiger partial charge on any atom is -0.493 e. The number of nitrogens with one attached hydrogen (secondary N) is 1. The summed E-state index contributed by atoms with van der Waals surface area (Å²) in [6.07, 6.45) is 0. The molecule has 0 saturated heterocycles. The molecule has 1 amide bonds. The number of ether oxygens (including phenoxy) is 2. The first-order valence-corrected chi connectivity index (χ1v) is 10.9. The van der Waals surface area contributed by atoms with Gasteiger partial charge in [0.1, 0.15) is 6.54 Å². The average molecular weight is 436 g/mol. The van der Waals surface area contributed by atoms with E-state index in [1.54, 1.807) is 24.3 Å². The molecule has 2 aromatic rings. The van der Waals surface area contributed by atoms with Gasteiger partial charge in [-0.25, -0.2) is 8.42 Å². The number of hydrogen-bond acceptors (Lipinski definition) is 6. The Balaban J connectivity index is 2.39. The van der Waals surface area contributed by atoms with Gasteiger partial charge in [0.25, 0.3) is 10.0 Å². The molecule has 0 heterocycles. The highest BCUT2D eigenvalue weighted by Gasteiger charge is 2.28. The fourth-order valence-electron chi connectivity index (χ4n) is 2.74. The third-order valence-electron chi connectivity index (χ3n) is 4.43. The maximum atomic E-state index is 13.4. The second-order valence-electron chi connectivity index (χ2n) is 7.02. The van der Waals surface area contributed by atoms with Gasteiger partial charge in [-0.15, -0.1) is 0 Å². The maximum absolute atomic E-state index is 13.4. The van der Waals surface area contributed by atoms with Crippen molar-refractivity contribution in [3.63, 3.8) is 0 Å². The van der Waals surface area contributed by atoms with Gasteiger partial charge in [0.2, 0.25) is 5.91 Å². The van der Waals surface area contributed by atoms with Gasteiger partial charge < -0.3 is 19.7 Å². The van der Waals surface area contributed by atoms with E-state index in [9.17, 15) is 13.2 Å². The molecular weight excluding hydrogens is 406 g/mol. The van der Waals surface area contributed by atoms with Crippen LogP contribution in [0.5, 0.6) is 11.5 Å². The summed E-state index contributed by atoms with van der Waals surface area (Å²) in [5.41, 5.74) is 1.38. The van der Waals surface area contributed by atoms with Gasteiger partial charge >= 0.3 is 0 Å². The zero-order valence-electron chi connectivity index (χ0n) is 18.0. The van der Waals surface area contributed by atoms with Gasteiger partial charge in [-0.05, 0) is 45.3 Å². The predicted molar refractivity (Wildman–Crippen MR) is 117 cm³/mol. The van der Waals surface area contributed by atoms with Crippen LogP contribution in [0.1, 0.15) is 5.56 Å². The number of likely N-dealkylation sites (N-methyl/N-ethyl adjacent to an activating group) is 1. The molecule has 2 aromatic carbocycles. The Bertz CT molecular complexity index is 959. The molecule has 0 spiro atoms. The molecule has 0 aliphatic rings. The summed E-state index contributed by atoms with van der Waals surface area (Å²) in [5, 5.41) is 2.76. The number of carbonyl (C=O) groups is 1. The summed E-state index contributed by atoms with van der Waals surface area (Å²) in [6, 6.07) is 11.3. The van der Waals surface area contributed by atoms with Gasteiger partial charge in [0.05, 0.1) is 24.8 Å². The minimum atomic E-state index is -4.03. The second-order valence-corrected chi connectivity index (χ2v) is 8.88. The zero-order valence-corrected chi connectivity index (χ0v) is 18.8. The summed E-state index contributed by atoms with van der Waals surface area (Å²) in [5.74, 6) is 0.319. The summed E-state index contributed by atoms with van der Waals surface area (Å²) in [6.45, 7) is 2.64. The number of sulfonamides is 1. The van der Waals surface area contributed by atoms with Crippen molar-refractivity contribution in [1.29, 1.82) is 0 Å². The number of benzene rings is 2. The molecule has 0 saturated carbocycles. The third-order valence-corrected chi connectivity index (χ3v) is 6.20. The van der Waals surface area contributed by atoms with E-state index in [0.717, 1.165) is 9.87 Å². The first-order chi connectivity index (χ1) is 14.2. The second kappa shape index (κ2) is 10.3. The maximum Gasteiger partial charge on any atom is 0.264 e. The first-order valence-electron chi connectivity index (χ1n) is 9.42. The molecule has 0 bridgehead atoms. The van der Waals surface area contributed by atoms with E-state index in [4.69, 9.17) is 9.47 Å². The van der Waals surface area contributed by atoms with E-state index >= 15 is 0 Å². The lowest BCUT2D eigenvalue weighted by Gasteiger charge is -2.25. The predicted octanol–water partition coefficient (Wildman–Crippen LogP) is 1.89. The summed E-state index contributed by atoms with van der Waals surface area (Å²) >= 11 is 0. The van der Waals surface area contributed by atoms with Gasteiger partial charge in [-0.1, -0.05) is 17.7 Å². The molecule has 2 rings (SSSR count). The van der Waals surface area contributed by atoms with Crippen LogP contribution in [0.3, 0.4) is 0 Å². The Morgan fingerprint density at radius 3 is 2.20 bits per heavy atom. The Morgan fingerprint density at radius 2 is 1.63 bits per heavy atom. The number of hydrogen-bond donors (Lipinski definition) is 1. The Labute approximate surface area is 178 Å². The van der Waals surface area contributed by atoms with Crippen LogP contribution in [0.25, 0.3) is 0 Å². The molecule has 0 aromatic heterocycles. The van der Waals surface area contributed by atoms with Gasteiger partial charge in [-0.2, -0.15) is 0 Å². The van der Waals surface area contributed by atoms with E-state index in [1.165, 1.54) is 32.4 Å². The highest BCUT2D eigenvalue weighted by molar-refractivity contribution is 7.92. The fraction of sp³-hybridized carbons (Fsp3) is 0.381. The standard InChI is InChI=1S/C21H29N3O5S/c1-16-6-8-17(9-7-16)24(15-21(25)22-12-13-23(2)3)30(26,27)18-10-11-19(28-4)20(14-18)29-5/h6-11,14H,12-13,15H2,1-5H3,(H,22,25). The Hall–Kier alpha value is -2.78. The van der Waals surface area contributed by atoms with E-state index in [2.05, 4.69) is 5.32 Å². The molecule has 1 N–H and O–H groups in total. The zero-order chi connectivity index (χ0) is 22.3. The monoisotopic (exact) mass is 435 g/mol. The fourth-order valence-corrected chi connectivity index (χ4v) is 4.17. The lowest BCUT2D eigenvalue weighted by atomic mass is 10.2. The largest absolute Gasteiger partial charge is 0.493 e. The lowest BCUT2D eigenvalue weighted by molar-refractivity contribution is -0.119. The summed E-state index contributed by atoms with van der Waals surface area (Å²) in [4.78, 5) is 14.4. The van der Waals surface area contributed by atoms with Gasteiger partial charge in [0.15, 0.2) is 11.5 Å². The van der Waals surface area contributed by atoms with Crippen LogP contribution in [0.4, 0.5) is 5.69 Å². The van der Waals surface area contributed by atoms with E-state index in [-0.39, 0.29) is 23.1 Å². The van der Waals surface area contributed by atoms with Crippen LogP contribution in [0.2, 0.25) is 0 Å². The molecule has 0 fully saturated rings. The molecule has 0 unspecified atom stereocenters. The molecule has 0 atom stereocenters. The van der Waals surface area contributed by atoms with Crippen molar-refractivity contribution < 1.29 is 22.7 Å². The van der Waals surface area contributed by atoms with Crippen molar-refractivity contribution >= 4 is 21.6 Å². The Kier molecular flexibility index (Phi) is 8.08. The summed E-state index contributed by atoms with van der Waals surface area (Å²) in [7, 11) is 2.67. The smallest absolute Gasteiger partial charge is 0.264 e. The van der Waals surface area contributed by atoms with Crippen LogP contribution in [0.15, 0.2) is 47.4 Å². The highest BCUT2D eigenvalue weighted by atomic mass is 32.2. The topological polar surface area (TPSA) is 88.2 Å². The average Bonchev–Trinajstić information content (AvgIpc) is 2.71. The lowest BCUT2D eigenvalue weighted by Crippen LogP contribution is -2.42. The molecule has 8 nitrogen and oxygen atoms in total. The normalized spacial score (nSPS) is 11.3. The van der Waals surface area contributed by atoms with Crippen molar-refractivity contribution in [2.24, 2.45) is 0 Å². The van der Waals surface area contributed by atoms with E-state index in [1.807, 2.05) is 25.9 Å². The number of rotatable bonds is 10. The number of amides is 1. The molecule has 164 valence electrons. The number of nitrogens with zero attached hydrogens (tertiary/aromatic N) is 2. The molecule has 30 heavy (non-hydrogen) atoms. The minimum absolute atomic E-state index is 0.00168. The number of carbonyl (C=O) groups excluding carboxylic acids is 1. The van der Waals surface area contributed by atoms with Gasteiger partial charge in [0, 0.05) is 19.2 Å². The molecule has 0 aliphatic carbocycles. The highest BCUT2D eigenvalue weighted by Crippen LogP contribution is 2.32. The van der Waals surface area contributed by atoms with E-state index < -0.39 is 10.0 Å². The molecule has 0 aliphatic heterocycles. The van der Waals surface area contributed by atoms with Crippen molar-refractivity contribution in [3.05, 3.63) is 48.0 Å². The van der Waals surface area contributed by atoms with Crippen molar-refractivity contribution in [3.8, 4) is 11.5 Å². The molecular formula is C21H29N3O5S. The molecule has 9 heteroatoms.